The molecule has 3 aromatic rings. The Morgan fingerprint density at radius 1 is 1.26 bits per heavy atom. The lowest BCUT2D eigenvalue weighted by Crippen LogP contribution is -2.20. The molecule has 27 heavy (non-hydrogen) atoms. The van der Waals surface area contributed by atoms with E-state index in [1.165, 1.54) is 5.56 Å². The van der Waals surface area contributed by atoms with Gasteiger partial charge in [0.1, 0.15) is 0 Å². The number of rotatable bonds is 4. The quantitative estimate of drug-likeness (QED) is 0.732. The van der Waals surface area contributed by atoms with E-state index < -0.39 is 0 Å². The Labute approximate surface area is 161 Å². The van der Waals surface area contributed by atoms with Gasteiger partial charge in [0.25, 0.3) is 5.91 Å². The van der Waals surface area contributed by atoms with Crippen LogP contribution in [0.15, 0.2) is 54.5 Å². The fraction of sp³-hybridized carbons (Fsp3) is 0.190. The van der Waals surface area contributed by atoms with Gasteiger partial charge in [-0.2, -0.15) is 5.10 Å². The number of allylic oxidation sites excluding steroid dienone is 2. The average Bonchev–Trinajstić information content (AvgIpc) is 3.15. The third-order valence-electron chi connectivity index (χ3n) is 4.49. The number of nitrogens with one attached hydrogen (secondary N) is 1. The van der Waals surface area contributed by atoms with Crippen molar-refractivity contribution >= 4 is 27.3 Å². The van der Waals surface area contributed by atoms with Crippen molar-refractivity contribution in [1.29, 1.82) is 0 Å². The first kappa shape index (κ1) is 17.4. The minimum Gasteiger partial charge on any atom is -0.473 e. The summed E-state index contributed by atoms with van der Waals surface area (Å²) in [5, 5.41) is 12.2. The standard InChI is InChI=1S/C21H19N3O2S/c1-13-5-7-15(8-6-13)18-11-16-17(10-14-4-3-9-26-12-14)23-24-19(20(16)27-18)21(25)22-2/h3,5-9,11-12H,4,10H2,1-2H3,(H,22,25). The summed E-state index contributed by atoms with van der Waals surface area (Å²) < 4.78 is 6.14. The van der Waals surface area contributed by atoms with Crippen LogP contribution in [-0.2, 0) is 11.2 Å². The number of nitrogens with zero attached hydrogens (tertiary/aromatic N) is 2. The van der Waals surface area contributed by atoms with Gasteiger partial charge < -0.3 is 10.1 Å². The molecule has 4 rings (SSSR count). The first-order valence-electron chi connectivity index (χ1n) is 8.72. The molecule has 0 radical (unpaired) electrons. The molecule has 1 amide bonds. The van der Waals surface area contributed by atoms with E-state index in [0.717, 1.165) is 38.2 Å². The number of hydrogen-bond donors (Lipinski definition) is 1. The van der Waals surface area contributed by atoms with E-state index in [0.29, 0.717) is 12.1 Å². The normalized spacial score (nSPS) is 13.3. The third-order valence-corrected chi connectivity index (χ3v) is 5.68. The van der Waals surface area contributed by atoms with Crippen LogP contribution in [0.5, 0.6) is 0 Å². The fourth-order valence-corrected chi connectivity index (χ4v) is 4.18. The van der Waals surface area contributed by atoms with E-state index in [2.05, 4.69) is 52.8 Å². The molecule has 0 bridgehead atoms. The van der Waals surface area contributed by atoms with Gasteiger partial charge in [0.15, 0.2) is 5.69 Å². The van der Waals surface area contributed by atoms with Crippen molar-refractivity contribution < 1.29 is 9.53 Å². The molecular formula is C21H19N3O2S. The van der Waals surface area contributed by atoms with Crippen LogP contribution in [0.4, 0.5) is 0 Å². The van der Waals surface area contributed by atoms with Gasteiger partial charge in [0, 0.05) is 23.7 Å². The number of carbonyl (C=O) groups excluding carboxylic acids is 1. The van der Waals surface area contributed by atoms with Gasteiger partial charge in [-0.3, -0.25) is 4.79 Å². The molecule has 0 unspecified atom stereocenters. The fourth-order valence-electron chi connectivity index (χ4n) is 3.02. The summed E-state index contributed by atoms with van der Waals surface area (Å²) in [5.41, 5.74) is 4.70. The predicted octanol–water partition coefficient (Wildman–Crippen LogP) is 4.39. The van der Waals surface area contributed by atoms with Crippen LogP contribution in [0.25, 0.3) is 20.5 Å². The number of aromatic nitrogens is 2. The van der Waals surface area contributed by atoms with Gasteiger partial charge in [-0.05, 0) is 36.6 Å². The summed E-state index contributed by atoms with van der Waals surface area (Å²) in [4.78, 5) is 13.4. The van der Waals surface area contributed by atoms with Crippen LogP contribution in [0.1, 0.15) is 28.2 Å². The van der Waals surface area contributed by atoms with Crippen molar-refractivity contribution in [3.8, 4) is 10.4 Å². The first-order chi connectivity index (χ1) is 13.2. The molecular weight excluding hydrogens is 358 g/mol. The van der Waals surface area contributed by atoms with Crippen molar-refractivity contribution in [3.63, 3.8) is 0 Å². The number of ether oxygens (including phenoxy) is 1. The zero-order chi connectivity index (χ0) is 18.8. The highest BCUT2D eigenvalue weighted by Gasteiger charge is 2.19. The van der Waals surface area contributed by atoms with Gasteiger partial charge in [-0.25, -0.2) is 0 Å². The monoisotopic (exact) mass is 377 g/mol. The topological polar surface area (TPSA) is 64.1 Å². The lowest BCUT2D eigenvalue weighted by molar-refractivity contribution is 0.0959. The Morgan fingerprint density at radius 3 is 2.78 bits per heavy atom. The van der Waals surface area contributed by atoms with Crippen LogP contribution in [0.3, 0.4) is 0 Å². The van der Waals surface area contributed by atoms with Gasteiger partial charge in [0.05, 0.1) is 22.9 Å². The van der Waals surface area contributed by atoms with Crippen molar-refractivity contribution in [2.45, 2.75) is 19.8 Å². The zero-order valence-corrected chi connectivity index (χ0v) is 16.0. The molecule has 0 saturated heterocycles. The van der Waals surface area contributed by atoms with E-state index in [4.69, 9.17) is 4.74 Å². The smallest absolute Gasteiger partial charge is 0.273 e. The molecule has 1 aromatic carbocycles. The van der Waals surface area contributed by atoms with E-state index in [1.807, 2.05) is 6.08 Å². The Kier molecular flexibility index (Phi) is 4.73. The summed E-state index contributed by atoms with van der Waals surface area (Å²) in [7, 11) is 1.61. The third kappa shape index (κ3) is 3.48. The Morgan fingerprint density at radius 2 is 2.07 bits per heavy atom. The molecule has 1 aliphatic heterocycles. The Hall–Kier alpha value is -2.99. The largest absolute Gasteiger partial charge is 0.473 e. The van der Waals surface area contributed by atoms with Crippen molar-refractivity contribution in [2.24, 2.45) is 0 Å². The van der Waals surface area contributed by atoms with Crippen molar-refractivity contribution in [2.75, 3.05) is 7.05 Å². The maximum absolute atomic E-state index is 12.3. The number of hydrogen-bond acceptors (Lipinski definition) is 5. The molecule has 0 saturated carbocycles. The molecule has 0 spiro atoms. The van der Waals surface area contributed by atoms with Crippen molar-refractivity contribution in [3.05, 3.63) is 71.5 Å². The molecule has 2 aromatic heterocycles. The van der Waals surface area contributed by atoms with Crippen LogP contribution in [0.2, 0.25) is 0 Å². The second-order valence-corrected chi connectivity index (χ2v) is 7.51. The number of carbonyl (C=O) groups is 1. The van der Waals surface area contributed by atoms with Crippen LogP contribution < -0.4 is 5.32 Å². The lowest BCUT2D eigenvalue weighted by Gasteiger charge is -2.09. The summed E-state index contributed by atoms with van der Waals surface area (Å²) in [6, 6.07) is 10.5. The summed E-state index contributed by atoms with van der Waals surface area (Å²) in [6.45, 7) is 2.07. The number of thiophene rings is 1. The van der Waals surface area contributed by atoms with Crippen LogP contribution >= 0.6 is 11.3 Å². The first-order valence-corrected chi connectivity index (χ1v) is 9.54. The van der Waals surface area contributed by atoms with E-state index in [1.54, 1.807) is 30.9 Å². The van der Waals surface area contributed by atoms with E-state index in [-0.39, 0.29) is 5.91 Å². The molecule has 0 atom stereocenters. The highest BCUT2D eigenvalue weighted by atomic mass is 32.1. The summed E-state index contributed by atoms with van der Waals surface area (Å²) in [6.07, 6.45) is 6.89. The molecule has 0 fully saturated rings. The lowest BCUT2D eigenvalue weighted by atomic mass is 10.0. The van der Waals surface area contributed by atoms with E-state index >= 15 is 0 Å². The molecule has 1 N–H and O–H groups in total. The molecule has 5 nitrogen and oxygen atoms in total. The average molecular weight is 377 g/mol. The Bertz CT molecular complexity index is 1060. The second-order valence-electron chi connectivity index (χ2n) is 6.46. The number of amides is 1. The highest BCUT2D eigenvalue weighted by molar-refractivity contribution is 7.22. The van der Waals surface area contributed by atoms with Crippen LogP contribution in [-0.4, -0.2) is 23.2 Å². The van der Waals surface area contributed by atoms with Gasteiger partial charge in [-0.1, -0.05) is 29.8 Å². The predicted molar refractivity (Wildman–Crippen MR) is 108 cm³/mol. The van der Waals surface area contributed by atoms with Gasteiger partial charge in [-0.15, -0.1) is 16.4 Å². The molecule has 136 valence electrons. The van der Waals surface area contributed by atoms with Gasteiger partial charge in [0.2, 0.25) is 0 Å². The number of aryl methyl sites for hydroxylation is 1. The zero-order valence-electron chi connectivity index (χ0n) is 15.2. The minimum atomic E-state index is -0.223. The summed E-state index contributed by atoms with van der Waals surface area (Å²) >= 11 is 1.57. The number of fused-ring (bicyclic) bond motifs is 1. The SMILES string of the molecule is CNC(=O)c1nnc(CC2=COC=CC2)c2cc(-c3ccc(C)cc3)sc12. The Balaban J connectivity index is 1.83. The number of benzene rings is 1. The van der Waals surface area contributed by atoms with Gasteiger partial charge >= 0.3 is 0 Å². The molecule has 3 heterocycles. The van der Waals surface area contributed by atoms with Crippen molar-refractivity contribution in [1.82, 2.24) is 15.5 Å². The molecule has 1 aliphatic rings. The second kappa shape index (κ2) is 7.32. The highest BCUT2D eigenvalue weighted by Crippen LogP contribution is 2.36. The van der Waals surface area contributed by atoms with Crippen LogP contribution in [0, 0.1) is 6.92 Å². The van der Waals surface area contributed by atoms with E-state index in [9.17, 15) is 4.79 Å². The minimum absolute atomic E-state index is 0.223. The maximum Gasteiger partial charge on any atom is 0.273 e. The molecule has 0 aliphatic carbocycles. The summed E-state index contributed by atoms with van der Waals surface area (Å²) in [5.74, 6) is -0.223. The molecule has 6 heteroatoms. The maximum atomic E-state index is 12.3.